The summed E-state index contributed by atoms with van der Waals surface area (Å²) >= 11 is 0. The number of rotatable bonds is 3. The van der Waals surface area contributed by atoms with Crippen LogP contribution in [0.15, 0.2) is 41.2 Å². The average Bonchev–Trinajstić information content (AvgIpc) is 2.47. The van der Waals surface area contributed by atoms with Gasteiger partial charge in [-0.1, -0.05) is 12.1 Å². The maximum atomic E-state index is 12.7. The van der Waals surface area contributed by atoms with Gasteiger partial charge in [0.2, 0.25) is 0 Å². The number of nitrogens with one attached hydrogen (secondary N) is 2. The van der Waals surface area contributed by atoms with Gasteiger partial charge < -0.3 is 5.32 Å². The number of amides is 1. The molecule has 0 aliphatic rings. The van der Waals surface area contributed by atoms with Crippen molar-refractivity contribution in [2.45, 2.75) is 19.1 Å². The van der Waals surface area contributed by atoms with Crippen molar-refractivity contribution < 1.29 is 18.0 Å². The summed E-state index contributed by atoms with van der Waals surface area (Å²) in [5, 5.41) is 8.18. The summed E-state index contributed by atoms with van der Waals surface area (Å²) in [6, 6.07) is 6.42. The van der Waals surface area contributed by atoms with E-state index in [1.54, 1.807) is 6.92 Å². The van der Waals surface area contributed by atoms with Gasteiger partial charge in [-0.15, -0.1) is 0 Å². The fourth-order valence-corrected chi connectivity index (χ4v) is 1.81. The smallest absolute Gasteiger partial charge is 0.344 e. The summed E-state index contributed by atoms with van der Waals surface area (Å²) in [7, 11) is 0. The van der Waals surface area contributed by atoms with E-state index >= 15 is 0 Å². The molecule has 5 nitrogen and oxygen atoms in total. The summed E-state index contributed by atoms with van der Waals surface area (Å²) in [6.07, 6.45) is -4.44. The molecular weight excluding hydrogens is 299 g/mol. The first-order valence-electron chi connectivity index (χ1n) is 6.31. The van der Waals surface area contributed by atoms with Gasteiger partial charge in [-0.3, -0.25) is 9.59 Å². The Morgan fingerprint density at radius 1 is 1.27 bits per heavy atom. The molecule has 8 heteroatoms. The predicted octanol–water partition coefficient (Wildman–Crippen LogP) is 2.28. The van der Waals surface area contributed by atoms with E-state index in [9.17, 15) is 22.8 Å². The highest BCUT2D eigenvalue weighted by molar-refractivity contribution is 5.92. The molecule has 22 heavy (non-hydrogen) atoms. The molecule has 1 aromatic heterocycles. The summed E-state index contributed by atoms with van der Waals surface area (Å²) in [5.74, 6) is -0.596. The first-order valence-corrected chi connectivity index (χ1v) is 6.31. The van der Waals surface area contributed by atoms with E-state index < -0.39 is 29.2 Å². The third-order valence-corrected chi connectivity index (χ3v) is 2.97. The lowest BCUT2D eigenvalue weighted by Crippen LogP contribution is -2.28. The maximum Gasteiger partial charge on any atom is 0.416 e. The lowest BCUT2D eigenvalue weighted by Gasteiger charge is -2.15. The first kappa shape index (κ1) is 15.7. The van der Waals surface area contributed by atoms with Crippen LogP contribution >= 0.6 is 0 Å². The van der Waals surface area contributed by atoms with Crippen molar-refractivity contribution in [2.75, 3.05) is 0 Å². The number of hydrogen-bond acceptors (Lipinski definition) is 3. The van der Waals surface area contributed by atoms with E-state index in [-0.39, 0.29) is 5.69 Å². The minimum absolute atomic E-state index is 0.0292. The fraction of sp³-hybridized carbons (Fsp3) is 0.214. The summed E-state index contributed by atoms with van der Waals surface area (Å²) in [6.45, 7) is 1.55. The molecule has 0 aliphatic heterocycles. The third-order valence-electron chi connectivity index (χ3n) is 2.97. The van der Waals surface area contributed by atoms with Gasteiger partial charge in [0.15, 0.2) is 0 Å². The maximum absolute atomic E-state index is 12.7. The van der Waals surface area contributed by atoms with Crippen LogP contribution in [0.25, 0.3) is 0 Å². The van der Waals surface area contributed by atoms with Crippen LogP contribution in [0.2, 0.25) is 0 Å². The normalized spacial score (nSPS) is 12.7. The zero-order valence-corrected chi connectivity index (χ0v) is 11.4. The Kier molecular flexibility index (Phi) is 4.30. The monoisotopic (exact) mass is 311 g/mol. The zero-order chi connectivity index (χ0) is 16.3. The van der Waals surface area contributed by atoms with Gasteiger partial charge in [0.25, 0.3) is 11.5 Å². The molecule has 1 heterocycles. The van der Waals surface area contributed by atoms with Gasteiger partial charge in [0.05, 0.1) is 11.6 Å². The van der Waals surface area contributed by atoms with Crippen LogP contribution in [0.5, 0.6) is 0 Å². The molecule has 0 bridgehead atoms. The zero-order valence-electron chi connectivity index (χ0n) is 11.4. The van der Waals surface area contributed by atoms with E-state index in [0.29, 0.717) is 5.56 Å². The molecule has 0 fully saturated rings. The molecule has 0 saturated heterocycles. The summed E-state index contributed by atoms with van der Waals surface area (Å²) in [5.41, 5.74) is -0.957. The number of benzene rings is 1. The first-order chi connectivity index (χ1) is 10.3. The number of H-pyrrole nitrogens is 1. The van der Waals surface area contributed by atoms with Crippen molar-refractivity contribution in [3.05, 3.63) is 63.6 Å². The molecule has 1 aromatic carbocycles. The molecule has 116 valence electrons. The Morgan fingerprint density at radius 3 is 2.59 bits per heavy atom. The van der Waals surface area contributed by atoms with Gasteiger partial charge in [0, 0.05) is 6.07 Å². The number of carbonyl (C=O) groups excluding carboxylic acids is 1. The van der Waals surface area contributed by atoms with Crippen molar-refractivity contribution in [1.82, 2.24) is 15.5 Å². The highest BCUT2D eigenvalue weighted by atomic mass is 19.4. The number of alkyl halides is 3. The second-order valence-electron chi connectivity index (χ2n) is 4.62. The molecule has 1 atom stereocenters. The number of halogens is 3. The van der Waals surface area contributed by atoms with Gasteiger partial charge in [-0.25, -0.2) is 5.10 Å². The Morgan fingerprint density at radius 2 is 2.00 bits per heavy atom. The lowest BCUT2D eigenvalue weighted by molar-refractivity contribution is -0.137. The lowest BCUT2D eigenvalue weighted by atomic mass is 10.0. The Bertz CT molecular complexity index is 720. The van der Waals surface area contributed by atoms with Crippen molar-refractivity contribution in [3.8, 4) is 0 Å². The van der Waals surface area contributed by atoms with Crippen LogP contribution in [0.1, 0.15) is 34.6 Å². The molecule has 0 spiro atoms. The van der Waals surface area contributed by atoms with E-state index in [4.69, 9.17) is 0 Å². The topological polar surface area (TPSA) is 74.8 Å². The van der Waals surface area contributed by atoms with Crippen molar-refractivity contribution >= 4 is 5.91 Å². The van der Waals surface area contributed by atoms with Crippen LogP contribution in [0, 0.1) is 0 Å². The van der Waals surface area contributed by atoms with Gasteiger partial charge in [-0.05, 0) is 30.7 Å². The van der Waals surface area contributed by atoms with Crippen LogP contribution < -0.4 is 10.9 Å². The highest BCUT2D eigenvalue weighted by Crippen LogP contribution is 2.30. The molecule has 0 aliphatic carbocycles. The van der Waals surface area contributed by atoms with E-state index in [2.05, 4.69) is 15.5 Å². The Hall–Kier alpha value is -2.64. The molecule has 0 saturated carbocycles. The van der Waals surface area contributed by atoms with Crippen LogP contribution in [-0.2, 0) is 6.18 Å². The van der Waals surface area contributed by atoms with Crippen LogP contribution in [-0.4, -0.2) is 16.1 Å². The molecule has 1 amide bonds. The quantitative estimate of drug-likeness (QED) is 0.913. The SMILES string of the molecule is CC(NC(=O)c1ccc(=O)[nH]n1)c1cccc(C(F)(F)F)c1. The number of aromatic nitrogens is 2. The van der Waals surface area contributed by atoms with Crippen molar-refractivity contribution in [3.63, 3.8) is 0 Å². The average molecular weight is 311 g/mol. The largest absolute Gasteiger partial charge is 0.416 e. The molecule has 2 aromatic rings. The number of carbonyl (C=O) groups is 1. The van der Waals surface area contributed by atoms with Crippen molar-refractivity contribution in [2.24, 2.45) is 0 Å². The number of hydrogen-bond donors (Lipinski definition) is 2. The Labute approximate surface area is 123 Å². The van der Waals surface area contributed by atoms with Gasteiger partial charge in [0.1, 0.15) is 5.69 Å². The second-order valence-corrected chi connectivity index (χ2v) is 4.62. The highest BCUT2D eigenvalue weighted by Gasteiger charge is 2.30. The predicted molar refractivity (Wildman–Crippen MR) is 72.2 cm³/mol. The summed E-state index contributed by atoms with van der Waals surface area (Å²) < 4.78 is 38.0. The Balaban J connectivity index is 2.15. The van der Waals surface area contributed by atoms with Gasteiger partial charge in [-0.2, -0.15) is 18.3 Å². The van der Waals surface area contributed by atoms with Crippen molar-refractivity contribution in [1.29, 1.82) is 0 Å². The summed E-state index contributed by atoms with van der Waals surface area (Å²) in [4.78, 5) is 22.8. The molecule has 0 radical (unpaired) electrons. The van der Waals surface area contributed by atoms with Gasteiger partial charge >= 0.3 is 6.18 Å². The van der Waals surface area contributed by atoms with Crippen LogP contribution in [0.3, 0.4) is 0 Å². The number of nitrogens with zero attached hydrogens (tertiary/aromatic N) is 1. The second kappa shape index (κ2) is 6.00. The third kappa shape index (κ3) is 3.72. The number of aromatic amines is 1. The van der Waals surface area contributed by atoms with E-state index in [1.165, 1.54) is 18.2 Å². The molecule has 2 N–H and O–H groups in total. The van der Waals surface area contributed by atoms with E-state index in [1.807, 2.05) is 0 Å². The minimum atomic E-state index is -4.44. The molecule has 2 rings (SSSR count). The molecular formula is C14H12F3N3O2. The van der Waals surface area contributed by atoms with E-state index in [0.717, 1.165) is 18.2 Å². The van der Waals surface area contributed by atoms with Crippen LogP contribution in [0.4, 0.5) is 13.2 Å². The molecule has 1 unspecified atom stereocenters. The fourth-order valence-electron chi connectivity index (χ4n) is 1.81. The standard InChI is InChI=1S/C14H12F3N3O2/c1-8(9-3-2-4-10(7-9)14(15,16)17)18-13(22)11-5-6-12(21)20-19-11/h2-8H,1H3,(H,18,22)(H,20,21). The minimum Gasteiger partial charge on any atom is -0.344 e.